The van der Waals surface area contributed by atoms with Gasteiger partial charge >= 0.3 is 6.18 Å². The average Bonchev–Trinajstić information content (AvgIpc) is 3.34. The molecule has 3 aliphatic heterocycles. The highest BCUT2D eigenvalue weighted by Crippen LogP contribution is 2.43. The van der Waals surface area contributed by atoms with Gasteiger partial charge < -0.3 is 18.9 Å². The lowest BCUT2D eigenvalue weighted by Crippen LogP contribution is -2.45. The molecule has 0 bridgehead atoms. The summed E-state index contributed by atoms with van der Waals surface area (Å²) in [5.74, 6) is 1.75. The monoisotopic (exact) mass is 459 g/mol. The third-order valence-corrected chi connectivity index (χ3v) is 6.54. The molecule has 33 heavy (non-hydrogen) atoms. The van der Waals surface area contributed by atoms with E-state index in [0.717, 1.165) is 45.1 Å². The van der Waals surface area contributed by atoms with Gasteiger partial charge in [-0.1, -0.05) is 18.2 Å². The van der Waals surface area contributed by atoms with Crippen molar-refractivity contribution in [3.63, 3.8) is 0 Å². The van der Waals surface area contributed by atoms with E-state index in [9.17, 15) is 13.2 Å². The minimum absolute atomic E-state index is 0.168. The summed E-state index contributed by atoms with van der Waals surface area (Å²) in [6, 6.07) is 7.98. The van der Waals surface area contributed by atoms with Gasteiger partial charge in [0.1, 0.15) is 24.1 Å². The van der Waals surface area contributed by atoms with Crippen molar-refractivity contribution in [2.45, 2.75) is 25.1 Å². The van der Waals surface area contributed by atoms with Gasteiger partial charge in [-0.2, -0.15) is 13.2 Å². The molecule has 1 fully saturated rings. The second-order valence-corrected chi connectivity index (χ2v) is 8.87. The summed E-state index contributed by atoms with van der Waals surface area (Å²) >= 11 is 0. The Morgan fingerprint density at radius 3 is 2.55 bits per heavy atom. The van der Waals surface area contributed by atoms with Crippen LogP contribution in [0.5, 0.6) is 11.5 Å². The predicted molar refractivity (Wildman–Crippen MR) is 120 cm³/mol. The molecule has 5 rings (SSSR count). The molecule has 0 N–H and O–H groups in total. The molecule has 1 atom stereocenters. The van der Waals surface area contributed by atoms with Gasteiger partial charge in [-0.3, -0.25) is 4.90 Å². The van der Waals surface area contributed by atoms with E-state index >= 15 is 0 Å². The molecule has 0 radical (unpaired) electrons. The Hall–Kier alpha value is -2.87. The Morgan fingerprint density at radius 1 is 1.00 bits per heavy atom. The van der Waals surface area contributed by atoms with E-state index in [1.165, 1.54) is 18.0 Å². The van der Waals surface area contributed by atoms with Crippen LogP contribution < -0.4 is 9.47 Å². The Labute approximate surface area is 191 Å². The number of para-hydroxylation sites is 1. The number of benzene rings is 1. The zero-order valence-electron chi connectivity index (χ0n) is 18.4. The SMILES string of the molecule is FC(F)(F)c1cccc2c1OC(CN1CCC(CN3CC=CC=C3n3cccc3)CC1)CO2. The highest BCUT2D eigenvalue weighted by Gasteiger charge is 2.38. The molecule has 0 saturated carbocycles. The molecule has 176 valence electrons. The Balaban J connectivity index is 1.15. The van der Waals surface area contributed by atoms with Gasteiger partial charge in [0.05, 0.1) is 0 Å². The molecule has 0 amide bonds. The molecule has 5 nitrogen and oxygen atoms in total. The summed E-state index contributed by atoms with van der Waals surface area (Å²) < 4.78 is 53.6. The van der Waals surface area contributed by atoms with Gasteiger partial charge in [0.2, 0.25) is 0 Å². The first-order valence-electron chi connectivity index (χ1n) is 11.4. The summed E-state index contributed by atoms with van der Waals surface area (Å²) in [7, 11) is 0. The van der Waals surface area contributed by atoms with E-state index in [4.69, 9.17) is 9.47 Å². The molecule has 1 unspecified atom stereocenters. The zero-order chi connectivity index (χ0) is 22.8. The van der Waals surface area contributed by atoms with Gasteiger partial charge in [0.15, 0.2) is 11.5 Å². The van der Waals surface area contributed by atoms with Gasteiger partial charge in [-0.05, 0) is 62.2 Å². The summed E-state index contributed by atoms with van der Waals surface area (Å²) in [5, 5.41) is 0. The van der Waals surface area contributed by atoms with Crippen LogP contribution in [-0.4, -0.2) is 59.8 Å². The number of halogens is 3. The van der Waals surface area contributed by atoms with Crippen LogP contribution in [-0.2, 0) is 6.18 Å². The number of hydrogen-bond acceptors (Lipinski definition) is 4. The molecule has 1 aromatic heterocycles. The molecule has 1 aromatic carbocycles. The third kappa shape index (κ3) is 4.90. The first-order chi connectivity index (χ1) is 16.0. The number of allylic oxidation sites excluding steroid dienone is 2. The largest absolute Gasteiger partial charge is 0.486 e. The Morgan fingerprint density at radius 2 is 1.79 bits per heavy atom. The van der Waals surface area contributed by atoms with Gasteiger partial charge in [0, 0.05) is 32.0 Å². The van der Waals surface area contributed by atoms with E-state index in [0.29, 0.717) is 12.5 Å². The number of hydrogen-bond donors (Lipinski definition) is 0. The molecule has 2 aromatic rings. The lowest BCUT2D eigenvalue weighted by molar-refractivity contribution is -0.140. The number of piperidine rings is 1. The minimum atomic E-state index is -4.47. The highest BCUT2D eigenvalue weighted by molar-refractivity contribution is 5.50. The van der Waals surface area contributed by atoms with E-state index in [1.54, 1.807) is 0 Å². The van der Waals surface area contributed by atoms with Crippen LogP contribution in [0, 0.1) is 5.92 Å². The summed E-state index contributed by atoms with van der Waals surface area (Å²) in [6.45, 7) is 4.54. The first-order valence-corrected chi connectivity index (χ1v) is 11.4. The zero-order valence-corrected chi connectivity index (χ0v) is 18.4. The first kappa shape index (κ1) is 21.9. The minimum Gasteiger partial charge on any atom is -0.486 e. The average molecular weight is 460 g/mol. The van der Waals surface area contributed by atoms with Crippen molar-refractivity contribution in [1.82, 2.24) is 14.4 Å². The van der Waals surface area contributed by atoms with Crippen LogP contribution >= 0.6 is 0 Å². The lowest BCUT2D eigenvalue weighted by Gasteiger charge is -2.38. The van der Waals surface area contributed by atoms with Crippen molar-refractivity contribution in [1.29, 1.82) is 0 Å². The standard InChI is InChI=1S/C25H28F3N3O2/c26-25(27,28)21-6-5-7-22-24(21)33-20(18-32-22)17-29-14-9-19(10-15-29)16-31-13-2-1-8-23(31)30-11-3-4-12-30/h1-8,11-12,19-20H,9-10,13-18H2. The second kappa shape index (κ2) is 9.17. The molecule has 4 heterocycles. The molecular weight excluding hydrogens is 431 g/mol. The van der Waals surface area contributed by atoms with Crippen LogP contribution in [0.4, 0.5) is 13.2 Å². The third-order valence-electron chi connectivity index (χ3n) is 6.54. The number of rotatable bonds is 5. The summed E-state index contributed by atoms with van der Waals surface area (Å²) in [4.78, 5) is 4.69. The molecular formula is C25H28F3N3O2. The topological polar surface area (TPSA) is 29.9 Å². The van der Waals surface area contributed by atoms with E-state index in [1.807, 2.05) is 12.1 Å². The van der Waals surface area contributed by atoms with Crippen molar-refractivity contribution in [2.75, 3.05) is 39.3 Å². The number of fused-ring (bicyclic) bond motifs is 1. The quantitative estimate of drug-likeness (QED) is 0.647. The van der Waals surface area contributed by atoms with Gasteiger partial charge in [0.25, 0.3) is 0 Å². The maximum atomic E-state index is 13.4. The van der Waals surface area contributed by atoms with Crippen LogP contribution in [0.3, 0.4) is 0 Å². The molecule has 8 heteroatoms. The molecule has 1 saturated heterocycles. The van der Waals surface area contributed by atoms with Crippen molar-refractivity contribution >= 4 is 5.82 Å². The van der Waals surface area contributed by atoms with Gasteiger partial charge in [-0.25, -0.2) is 0 Å². The van der Waals surface area contributed by atoms with Crippen molar-refractivity contribution in [2.24, 2.45) is 5.92 Å². The lowest BCUT2D eigenvalue weighted by atomic mass is 9.95. The normalized spacial score (nSPS) is 21.8. The molecule has 0 spiro atoms. The Bertz CT molecular complexity index is 1010. The predicted octanol–water partition coefficient (Wildman–Crippen LogP) is 4.73. The van der Waals surface area contributed by atoms with Crippen LogP contribution in [0.25, 0.3) is 5.82 Å². The highest BCUT2D eigenvalue weighted by atomic mass is 19.4. The van der Waals surface area contributed by atoms with Crippen LogP contribution in [0.15, 0.2) is 61.0 Å². The fourth-order valence-electron chi connectivity index (χ4n) is 4.84. The number of likely N-dealkylation sites (tertiary alicyclic amines) is 1. The van der Waals surface area contributed by atoms with Crippen LogP contribution in [0.2, 0.25) is 0 Å². The smallest absolute Gasteiger partial charge is 0.420 e. The van der Waals surface area contributed by atoms with E-state index in [-0.39, 0.29) is 18.1 Å². The van der Waals surface area contributed by atoms with Crippen molar-refractivity contribution < 1.29 is 22.6 Å². The van der Waals surface area contributed by atoms with E-state index in [2.05, 4.69) is 45.0 Å². The van der Waals surface area contributed by atoms with Crippen LogP contribution in [0.1, 0.15) is 18.4 Å². The number of aromatic nitrogens is 1. The molecule has 3 aliphatic rings. The number of ether oxygens (including phenoxy) is 2. The maximum Gasteiger partial charge on any atom is 0.420 e. The van der Waals surface area contributed by atoms with Crippen molar-refractivity contribution in [3.05, 3.63) is 66.5 Å². The number of alkyl halides is 3. The molecule has 0 aliphatic carbocycles. The second-order valence-electron chi connectivity index (χ2n) is 8.87. The summed E-state index contributed by atoms with van der Waals surface area (Å²) in [6.07, 6.45) is 7.78. The Kier molecular flexibility index (Phi) is 6.10. The van der Waals surface area contributed by atoms with E-state index < -0.39 is 17.8 Å². The number of nitrogens with zero attached hydrogens (tertiary/aromatic N) is 3. The summed E-state index contributed by atoms with van der Waals surface area (Å²) in [5.41, 5.74) is -0.773. The fraction of sp³-hybridized carbons (Fsp3) is 0.440. The fourth-order valence-corrected chi connectivity index (χ4v) is 4.84. The van der Waals surface area contributed by atoms with Crippen molar-refractivity contribution in [3.8, 4) is 11.5 Å². The van der Waals surface area contributed by atoms with Gasteiger partial charge in [-0.15, -0.1) is 0 Å². The maximum absolute atomic E-state index is 13.4.